The summed E-state index contributed by atoms with van der Waals surface area (Å²) in [6, 6.07) is 5.37. The maximum Gasteiger partial charge on any atom is 0.241 e. The minimum absolute atomic E-state index is 0.176. The molecule has 0 saturated heterocycles. The van der Waals surface area contributed by atoms with Crippen LogP contribution in [-0.4, -0.2) is 11.9 Å². The Bertz CT molecular complexity index is 379. The lowest BCUT2D eigenvalue weighted by Crippen LogP contribution is -2.35. The van der Waals surface area contributed by atoms with E-state index in [-0.39, 0.29) is 5.91 Å². The number of carbonyl (C=O) groups is 1. The second kappa shape index (κ2) is 5.47. The fourth-order valence-corrected chi connectivity index (χ4v) is 1.57. The Hall–Kier alpha value is -1.61. The van der Waals surface area contributed by atoms with Crippen molar-refractivity contribution in [3.05, 3.63) is 42.0 Å². The second-order valence-electron chi connectivity index (χ2n) is 4.00. The lowest BCUT2D eigenvalue weighted by molar-refractivity contribution is -0.117. The molecule has 86 valence electrons. The number of nitrogens with two attached hydrogens (primary N) is 1. The first-order valence-corrected chi connectivity index (χ1v) is 5.28. The molecule has 1 amide bonds. The fourth-order valence-electron chi connectivity index (χ4n) is 1.57. The number of anilines is 1. The minimum atomic E-state index is -0.529. The molecule has 1 rings (SSSR count). The van der Waals surface area contributed by atoms with Gasteiger partial charge in [-0.15, -0.1) is 6.58 Å². The van der Waals surface area contributed by atoms with E-state index in [1.807, 2.05) is 26.0 Å². The van der Waals surface area contributed by atoms with Gasteiger partial charge in [0.1, 0.15) is 0 Å². The van der Waals surface area contributed by atoms with Gasteiger partial charge in [-0.2, -0.15) is 0 Å². The smallest absolute Gasteiger partial charge is 0.241 e. The van der Waals surface area contributed by atoms with Crippen LogP contribution in [0.25, 0.3) is 0 Å². The Balaban J connectivity index is 2.72. The Labute approximate surface area is 96.3 Å². The molecule has 0 saturated carbocycles. The molecule has 0 aliphatic heterocycles. The van der Waals surface area contributed by atoms with Crippen LogP contribution in [0.3, 0.4) is 0 Å². The molecule has 0 fully saturated rings. The summed E-state index contributed by atoms with van der Waals surface area (Å²) in [7, 11) is 0. The fraction of sp³-hybridized carbons (Fsp3) is 0.308. The molecule has 3 heteroatoms. The molecule has 0 spiro atoms. The standard InChI is InChI=1S/C13H18N2O/c1-4-5-12(14)13(16)15-11-7-9(2)6-10(3)8-11/h4,6-8,12H,1,5,14H2,2-3H3,(H,15,16). The van der Waals surface area contributed by atoms with Gasteiger partial charge in [-0.05, 0) is 43.5 Å². The summed E-state index contributed by atoms with van der Waals surface area (Å²) in [5.41, 5.74) is 8.70. The monoisotopic (exact) mass is 218 g/mol. The van der Waals surface area contributed by atoms with E-state index in [1.165, 1.54) is 0 Å². The molecule has 3 nitrogen and oxygen atoms in total. The molecule has 0 radical (unpaired) electrons. The van der Waals surface area contributed by atoms with Gasteiger partial charge in [0.15, 0.2) is 0 Å². The van der Waals surface area contributed by atoms with Crippen LogP contribution in [0.5, 0.6) is 0 Å². The maximum absolute atomic E-state index is 11.6. The molecular weight excluding hydrogens is 200 g/mol. The Kier molecular flexibility index (Phi) is 4.26. The Morgan fingerprint density at radius 2 is 2.00 bits per heavy atom. The van der Waals surface area contributed by atoms with Crippen molar-refractivity contribution in [2.75, 3.05) is 5.32 Å². The van der Waals surface area contributed by atoms with E-state index in [0.717, 1.165) is 16.8 Å². The molecule has 0 heterocycles. The highest BCUT2D eigenvalue weighted by Crippen LogP contribution is 2.14. The molecule has 16 heavy (non-hydrogen) atoms. The van der Waals surface area contributed by atoms with E-state index in [9.17, 15) is 4.79 Å². The number of benzene rings is 1. The summed E-state index contributed by atoms with van der Waals surface area (Å²) in [5, 5.41) is 2.80. The van der Waals surface area contributed by atoms with Gasteiger partial charge in [-0.3, -0.25) is 4.79 Å². The van der Waals surface area contributed by atoms with Crippen LogP contribution in [0.4, 0.5) is 5.69 Å². The normalized spacial score (nSPS) is 11.9. The third-order valence-electron chi connectivity index (χ3n) is 2.25. The molecule has 1 atom stereocenters. The summed E-state index contributed by atoms with van der Waals surface area (Å²) in [6.45, 7) is 7.54. The van der Waals surface area contributed by atoms with E-state index >= 15 is 0 Å². The number of hydrogen-bond donors (Lipinski definition) is 2. The van der Waals surface area contributed by atoms with Gasteiger partial charge >= 0.3 is 0 Å². The zero-order valence-electron chi connectivity index (χ0n) is 9.79. The molecule has 1 aromatic rings. The molecular formula is C13H18N2O. The lowest BCUT2D eigenvalue weighted by atomic mass is 10.1. The Morgan fingerprint density at radius 3 is 2.50 bits per heavy atom. The van der Waals surface area contributed by atoms with Crippen LogP contribution in [0.15, 0.2) is 30.9 Å². The summed E-state index contributed by atoms with van der Waals surface area (Å²) >= 11 is 0. The van der Waals surface area contributed by atoms with E-state index in [0.29, 0.717) is 6.42 Å². The number of amides is 1. The van der Waals surface area contributed by atoms with Gasteiger partial charge in [-0.25, -0.2) is 0 Å². The van der Waals surface area contributed by atoms with Gasteiger partial charge in [0.25, 0.3) is 0 Å². The van der Waals surface area contributed by atoms with Crippen LogP contribution in [-0.2, 0) is 4.79 Å². The topological polar surface area (TPSA) is 55.1 Å². The average molecular weight is 218 g/mol. The summed E-state index contributed by atoms with van der Waals surface area (Å²) < 4.78 is 0. The van der Waals surface area contributed by atoms with Gasteiger partial charge in [-0.1, -0.05) is 12.1 Å². The number of rotatable bonds is 4. The van der Waals surface area contributed by atoms with Gasteiger partial charge in [0.2, 0.25) is 5.91 Å². The molecule has 1 unspecified atom stereocenters. The van der Waals surface area contributed by atoms with Crippen molar-refractivity contribution in [3.63, 3.8) is 0 Å². The van der Waals surface area contributed by atoms with Crippen molar-refractivity contribution in [3.8, 4) is 0 Å². The maximum atomic E-state index is 11.6. The first kappa shape index (κ1) is 12.5. The molecule has 0 aromatic heterocycles. The molecule has 0 aliphatic carbocycles. The zero-order valence-corrected chi connectivity index (χ0v) is 9.79. The van der Waals surface area contributed by atoms with Crippen molar-refractivity contribution in [2.45, 2.75) is 26.3 Å². The molecule has 3 N–H and O–H groups in total. The number of hydrogen-bond acceptors (Lipinski definition) is 2. The van der Waals surface area contributed by atoms with Crippen LogP contribution < -0.4 is 11.1 Å². The minimum Gasteiger partial charge on any atom is -0.325 e. The largest absolute Gasteiger partial charge is 0.325 e. The van der Waals surface area contributed by atoms with Crippen molar-refractivity contribution < 1.29 is 4.79 Å². The van der Waals surface area contributed by atoms with Crippen molar-refractivity contribution >= 4 is 11.6 Å². The van der Waals surface area contributed by atoms with E-state index in [1.54, 1.807) is 6.08 Å². The quantitative estimate of drug-likeness (QED) is 0.761. The molecule has 0 aliphatic rings. The Morgan fingerprint density at radius 1 is 1.44 bits per heavy atom. The van der Waals surface area contributed by atoms with Gasteiger partial charge in [0.05, 0.1) is 6.04 Å². The first-order chi connectivity index (χ1) is 7.52. The average Bonchev–Trinajstić information content (AvgIpc) is 2.16. The zero-order chi connectivity index (χ0) is 12.1. The predicted molar refractivity (Wildman–Crippen MR) is 67.3 cm³/mol. The highest BCUT2D eigenvalue weighted by atomic mass is 16.2. The van der Waals surface area contributed by atoms with Crippen molar-refractivity contribution in [1.29, 1.82) is 0 Å². The third-order valence-corrected chi connectivity index (χ3v) is 2.25. The predicted octanol–water partition coefficient (Wildman–Crippen LogP) is 2.15. The molecule has 1 aromatic carbocycles. The van der Waals surface area contributed by atoms with Crippen LogP contribution in [0, 0.1) is 13.8 Å². The summed E-state index contributed by atoms with van der Waals surface area (Å²) in [5.74, 6) is -0.176. The highest BCUT2D eigenvalue weighted by Gasteiger charge is 2.11. The molecule has 0 bridgehead atoms. The van der Waals surface area contributed by atoms with Crippen molar-refractivity contribution in [1.82, 2.24) is 0 Å². The third kappa shape index (κ3) is 3.51. The van der Waals surface area contributed by atoms with Crippen LogP contribution >= 0.6 is 0 Å². The van der Waals surface area contributed by atoms with Gasteiger partial charge in [0, 0.05) is 5.69 Å². The van der Waals surface area contributed by atoms with E-state index < -0.39 is 6.04 Å². The number of carbonyl (C=O) groups excluding carboxylic acids is 1. The lowest BCUT2D eigenvalue weighted by Gasteiger charge is -2.11. The van der Waals surface area contributed by atoms with Crippen LogP contribution in [0.1, 0.15) is 17.5 Å². The van der Waals surface area contributed by atoms with Crippen molar-refractivity contribution in [2.24, 2.45) is 5.73 Å². The number of nitrogens with one attached hydrogen (secondary N) is 1. The second-order valence-corrected chi connectivity index (χ2v) is 4.00. The first-order valence-electron chi connectivity index (χ1n) is 5.28. The summed E-state index contributed by atoms with van der Waals surface area (Å²) in [6.07, 6.45) is 2.13. The van der Waals surface area contributed by atoms with E-state index in [4.69, 9.17) is 5.73 Å². The van der Waals surface area contributed by atoms with E-state index in [2.05, 4.69) is 18.0 Å². The van der Waals surface area contributed by atoms with Gasteiger partial charge < -0.3 is 11.1 Å². The van der Waals surface area contributed by atoms with Crippen LogP contribution in [0.2, 0.25) is 0 Å². The summed E-state index contributed by atoms with van der Waals surface area (Å²) in [4.78, 5) is 11.6. The highest BCUT2D eigenvalue weighted by molar-refractivity contribution is 5.94. The number of aryl methyl sites for hydroxylation is 2. The SMILES string of the molecule is C=CCC(N)C(=O)Nc1cc(C)cc(C)c1.